The second-order valence-electron chi connectivity index (χ2n) is 16.8. The second-order valence-corrected chi connectivity index (χ2v) is 16.8. The number of unbranched alkanes of at least 4 members (excludes halogenated alkanes) is 28. The lowest BCUT2D eigenvalue weighted by atomic mass is 10.0. The van der Waals surface area contributed by atoms with E-state index in [1.807, 2.05) is 6.08 Å². The van der Waals surface area contributed by atoms with Crippen LogP contribution in [-0.4, -0.2) is 34.9 Å². The van der Waals surface area contributed by atoms with Gasteiger partial charge in [0.1, 0.15) is 0 Å². The number of carbonyl (C=O) groups is 1. The minimum absolute atomic E-state index is 0.0755. The number of hydrogen-bond acceptors (Lipinski definition) is 3. The van der Waals surface area contributed by atoms with Gasteiger partial charge in [0.05, 0.1) is 18.8 Å². The Labute approximate surface area is 361 Å². The zero-order chi connectivity index (χ0) is 42.1. The Morgan fingerprint density at radius 1 is 0.431 bits per heavy atom. The molecule has 2 unspecified atom stereocenters. The fourth-order valence-corrected chi connectivity index (χ4v) is 7.36. The maximum atomic E-state index is 12.4. The van der Waals surface area contributed by atoms with Crippen LogP contribution in [-0.2, 0) is 4.79 Å². The van der Waals surface area contributed by atoms with Crippen LogP contribution in [0.5, 0.6) is 0 Å². The Morgan fingerprint density at radius 2 is 0.776 bits per heavy atom. The van der Waals surface area contributed by atoms with Crippen molar-refractivity contribution in [1.82, 2.24) is 5.32 Å². The quantitative estimate of drug-likeness (QED) is 0.0424. The number of aliphatic hydroxyl groups excluding tert-OH is 2. The minimum atomic E-state index is -0.865. The average Bonchev–Trinajstić information content (AvgIpc) is 3.23. The Hall–Kier alpha value is -2.17. The predicted molar refractivity (Wildman–Crippen MR) is 257 cm³/mol. The van der Waals surface area contributed by atoms with Crippen molar-refractivity contribution in [2.45, 2.75) is 257 Å². The molecule has 0 aliphatic rings. The molecule has 0 aromatic carbocycles. The molecule has 1 amide bonds. The van der Waals surface area contributed by atoms with E-state index in [4.69, 9.17) is 0 Å². The molecule has 2 atom stereocenters. The molecule has 0 radical (unpaired) electrons. The fourth-order valence-electron chi connectivity index (χ4n) is 7.36. The molecule has 0 spiro atoms. The molecule has 58 heavy (non-hydrogen) atoms. The standard InChI is InChI=1S/C54H97NO3/c1-3-5-7-9-11-13-15-17-19-21-23-24-25-26-27-28-29-30-32-34-36-38-40-42-44-46-48-50-54(58)55-52(51-56)53(57)49-47-45-43-41-39-37-35-33-31-22-20-18-16-14-12-10-8-6-4-2/h5,7,11,13,17,19,23-24,39,41,47,49,52-53,56-57H,3-4,6,8-10,12,14-16,18,20-22,25-38,40,42-46,48,50-51H2,1-2H3,(H,55,58)/b7-5-,13-11-,19-17-,24-23-,41-39+,49-47+. The van der Waals surface area contributed by atoms with Crippen LogP contribution in [0.15, 0.2) is 72.9 Å². The van der Waals surface area contributed by atoms with Gasteiger partial charge >= 0.3 is 0 Å². The molecule has 0 bridgehead atoms. The van der Waals surface area contributed by atoms with Gasteiger partial charge in [0.15, 0.2) is 0 Å². The normalized spacial score (nSPS) is 13.5. The highest BCUT2D eigenvalue weighted by atomic mass is 16.3. The fraction of sp³-hybridized carbons (Fsp3) is 0.759. The van der Waals surface area contributed by atoms with Crippen LogP contribution in [0.25, 0.3) is 0 Å². The van der Waals surface area contributed by atoms with Crippen molar-refractivity contribution >= 4 is 5.91 Å². The summed E-state index contributed by atoms with van der Waals surface area (Å²) in [4.78, 5) is 12.4. The molecule has 0 aliphatic heterocycles. The first-order valence-electron chi connectivity index (χ1n) is 25.2. The highest BCUT2D eigenvalue weighted by molar-refractivity contribution is 5.76. The van der Waals surface area contributed by atoms with Crippen molar-refractivity contribution in [2.75, 3.05) is 6.61 Å². The van der Waals surface area contributed by atoms with E-state index in [0.29, 0.717) is 6.42 Å². The Bertz CT molecular complexity index is 1010. The molecule has 0 aliphatic carbocycles. The summed E-state index contributed by atoms with van der Waals surface area (Å²) in [5.41, 5.74) is 0. The molecule has 0 fully saturated rings. The molecular formula is C54H97NO3. The van der Waals surface area contributed by atoms with E-state index in [2.05, 4.69) is 79.9 Å². The highest BCUT2D eigenvalue weighted by Gasteiger charge is 2.17. The molecule has 0 aromatic rings. The first-order chi connectivity index (χ1) is 28.7. The summed E-state index contributed by atoms with van der Waals surface area (Å²) in [5, 5.41) is 23.1. The van der Waals surface area contributed by atoms with Gasteiger partial charge in [-0.15, -0.1) is 0 Å². The van der Waals surface area contributed by atoms with Crippen LogP contribution in [0.2, 0.25) is 0 Å². The second kappa shape index (κ2) is 49.2. The summed E-state index contributed by atoms with van der Waals surface area (Å²) < 4.78 is 0. The van der Waals surface area contributed by atoms with E-state index in [1.165, 1.54) is 167 Å². The van der Waals surface area contributed by atoms with Gasteiger partial charge in [-0.2, -0.15) is 0 Å². The first kappa shape index (κ1) is 55.8. The Kier molecular flexibility index (Phi) is 47.4. The summed E-state index contributed by atoms with van der Waals surface area (Å²) >= 11 is 0. The first-order valence-corrected chi connectivity index (χ1v) is 25.2. The molecule has 0 saturated heterocycles. The number of nitrogens with one attached hydrogen (secondary N) is 1. The maximum absolute atomic E-state index is 12.4. The van der Waals surface area contributed by atoms with E-state index in [9.17, 15) is 15.0 Å². The maximum Gasteiger partial charge on any atom is 0.220 e. The van der Waals surface area contributed by atoms with Gasteiger partial charge in [0.2, 0.25) is 5.91 Å². The van der Waals surface area contributed by atoms with Gasteiger partial charge in [-0.25, -0.2) is 0 Å². The van der Waals surface area contributed by atoms with Crippen molar-refractivity contribution in [2.24, 2.45) is 0 Å². The van der Waals surface area contributed by atoms with Gasteiger partial charge in [0.25, 0.3) is 0 Å². The summed E-state index contributed by atoms with van der Waals surface area (Å²) in [6, 6.07) is -0.642. The van der Waals surface area contributed by atoms with E-state index in [-0.39, 0.29) is 12.5 Å². The third kappa shape index (κ3) is 44.9. The number of rotatable bonds is 45. The summed E-state index contributed by atoms with van der Waals surface area (Å²) in [6.45, 7) is 4.19. The van der Waals surface area contributed by atoms with E-state index >= 15 is 0 Å². The van der Waals surface area contributed by atoms with E-state index < -0.39 is 12.1 Å². The van der Waals surface area contributed by atoms with Crippen molar-refractivity contribution in [1.29, 1.82) is 0 Å². The minimum Gasteiger partial charge on any atom is -0.394 e. The number of amides is 1. The lowest BCUT2D eigenvalue weighted by Crippen LogP contribution is -2.45. The largest absolute Gasteiger partial charge is 0.394 e. The van der Waals surface area contributed by atoms with Crippen LogP contribution in [0.3, 0.4) is 0 Å². The van der Waals surface area contributed by atoms with Crippen LogP contribution < -0.4 is 5.32 Å². The predicted octanol–water partition coefficient (Wildman–Crippen LogP) is 16.2. The molecular weight excluding hydrogens is 711 g/mol. The summed E-state index contributed by atoms with van der Waals surface area (Å²) in [5.74, 6) is -0.0755. The van der Waals surface area contributed by atoms with E-state index in [1.54, 1.807) is 6.08 Å². The third-order valence-electron chi connectivity index (χ3n) is 11.2. The Balaban J connectivity index is 3.56. The van der Waals surface area contributed by atoms with Crippen LogP contribution in [0.4, 0.5) is 0 Å². The lowest BCUT2D eigenvalue weighted by molar-refractivity contribution is -0.123. The molecule has 4 nitrogen and oxygen atoms in total. The van der Waals surface area contributed by atoms with Crippen molar-refractivity contribution in [3.8, 4) is 0 Å². The Morgan fingerprint density at radius 3 is 1.21 bits per heavy atom. The SMILES string of the molecule is CC/C=C\C/C=C\C/C=C\C/C=C\CCCCCCCCCCCCCCCCC(=O)NC(CO)C(O)/C=C/CC/C=C/CCCCCCCCCCCCCCC. The van der Waals surface area contributed by atoms with Crippen molar-refractivity contribution in [3.63, 3.8) is 0 Å². The molecule has 0 heterocycles. The molecule has 336 valence electrons. The monoisotopic (exact) mass is 808 g/mol. The molecule has 0 saturated carbocycles. The van der Waals surface area contributed by atoms with Gasteiger partial charge in [-0.3, -0.25) is 4.79 Å². The topological polar surface area (TPSA) is 69.6 Å². The molecule has 0 rings (SSSR count). The smallest absolute Gasteiger partial charge is 0.220 e. The summed E-state index contributed by atoms with van der Waals surface area (Å²) in [7, 11) is 0. The number of allylic oxidation sites excluding steroid dienone is 11. The van der Waals surface area contributed by atoms with Crippen LogP contribution >= 0.6 is 0 Å². The molecule has 0 aromatic heterocycles. The average molecular weight is 808 g/mol. The molecule has 4 heteroatoms. The third-order valence-corrected chi connectivity index (χ3v) is 11.2. The lowest BCUT2D eigenvalue weighted by Gasteiger charge is -2.19. The van der Waals surface area contributed by atoms with Crippen LogP contribution in [0.1, 0.15) is 245 Å². The summed E-state index contributed by atoms with van der Waals surface area (Å²) in [6.07, 6.45) is 70.3. The van der Waals surface area contributed by atoms with Gasteiger partial charge in [0, 0.05) is 6.42 Å². The van der Waals surface area contributed by atoms with Crippen molar-refractivity contribution < 1.29 is 15.0 Å². The van der Waals surface area contributed by atoms with Crippen molar-refractivity contribution in [3.05, 3.63) is 72.9 Å². The van der Waals surface area contributed by atoms with Gasteiger partial charge < -0.3 is 15.5 Å². The zero-order valence-electron chi connectivity index (χ0n) is 38.5. The van der Waals surface area contributed by atoms with E-state index in [0.717, 1.165) is 57.8 Å². The van der Waals surface area contributed by atoms with Crippen LogP contribution in [0, 0.1) is 0 Å². The number of carbonyl (C=O) groups excluding carboxylic acids is 1. The number of hydrogen-bond donors (Lipinski definition) is 3. The molecule has 3 N–H and O–H groups in total. The zero-order valence-corrected chi connectivity index (χ0v) is 38.5. The van der Waals surface area contributed by atoms with Gasteiger partial charge in [-0.1, -0.05) is 241 Å². The van der Waals surface area contributed by atoms with Gasteiger partial charge in [-0.05, 0) is 70.6 Å². The number of aliphatic hydroxyl groups is 2. The highest BCUT2D eigenvalue weighted by Crippen LogP contribution is 2.15.